The molecular formula is C22H23ClN2O2. The first-order chi connectivity index (χ1) is 13.2. The van der Waals surface area contributed by atoms with Gasteiger partial charge in [-0.2, -0.15) is 0 Å². The van der Waals surface area contributed by atoms with Gasteiger partial charge in [-0.1, -0.05) is 29.8 Å². The van der Waals surface area contributed by atoms with Crippen molar-refractivity contribution in [2.24, 2.45) is 0 Å². The van der Waals surface area contributed by atoms with Crippen molar-refractivity contribution in [2.75, 3.05) is 14.2 Å². The van der Waals surface area contributed by atoms with E-state index in [-0.39, 0.29) is 0 Å². The number of aromatic nitrogens is 1. The number of pyridine rings is 1. The fourth-order valence-electron chi connectivity index (χ4n) is 3.44. The van der Waals surface area contributed by atoms with Crippen LogP contribution in [0.5, 0.6) is 11.5 Å². The fraction of sp³-hybridized carbons (Fsp3) is 0.318. The first-order valence-corrected chi connectivity index (χ1v) is 9.55. The fourth-order valence-corrected chi connectivity index (χ4v) is 3.65. The summed E-state index contributed by atoms with van der Waals surface area (Å²) in [5, 5.41) is 1.70. The summed E-state index contributed by atoms with van der Waals surface area (Å²) in [6.45, 7) is 1.55. The van der Waals surface area contributed by atoms with Crippen molar-refractivity contribution in [3.8, 4) is 11.5 Å². The monoisotopic (exact) mass is 382 g/mol. The third kappa shape index (κ3) is 4.02. The summed E-state index contributed by atoms with van der Waals surface area (Å²) in [5.74, 6) is 1.72. The second-order valence-corrected chi connectivity index (χ2v) is 7.30. The quantitative estimate of drug-likeness (QED) is 0.534. The lowest BCUT2D eigenvalue weighted by Crippen LogP contribution is -2.25. The largest absolute Gasteiger partial charge is 0.497 e. The van der Waals surface area contributed by atoms with Crippen LogP contribution in [0.15, 0.2) is 48.5 Å². The number of methoxy groups -OCH3 is 2. The zero-order valence-electron chi connectivity index (χ0n) is 15.6. The van der Waals surface area contributed by atoms with Crippen molar-refractivity contribution in [1.29, 1.82) is 0 Å². The molecule has 0 N–H and O–H groups in total. The number of ether oxygens (including phenoxy) is 2. The average Bonchev–Trinajstić information content (AvgIpc) is 3.53. The van der Waals surface area contributed by atoms with E-state index in [1.54, 1.807) is 14.2 Å². The minimum atomic E-state index is 0.573. The van der Waals surface area contributed by atoms with Crippen LogP contribution in [0.4, 0.5) is 0 Å². The van der Waals surface area contributed by atoms with E-state index in [0.29, 0.717) is 11.2 Å². The molecule has 1 aliphatic rings. The molecule has 3 aromatic rings. The van der Waals surface area contributed by atoms with E-state index in [2.05, 4.69) is 28.1 Å². The number of para-hydroxylation sites is 1. The van der Waals surface area contributed by atoms with Crippen LogP contribution in [0.1, 0.15) is 24.0 Å². The minimum absolute atomic E-state index is 0.573. The van der Waals surface area contributed by atoms with Gasteiger partial charge in [-0.05, 0) is 43.2 Å². The molecule has 27 heavy (non-hydrogen) atoms. The van der Waals surface area contributed by atoms with Crippen LogP contribution < -0.4 is 9.47 Å². The van der Waals surface area contributed by atoms with Gasteiger partial charge in [0.25, 0.3) is 0 Å². The van der Waals surface area contributed by atoms with Crippen LogP contribution in [0.2, 0.25) is 5.15 Å². The summed E-state index contributed by atoms with van der Waals surface area (Å²) in [7, 11) is 3.39. The van der Waals surface area contributed by atoms with E-state index < -0.39 is 0 Å². The first-order valence-electron chi connectivity index (χ1n) is 9.17. The van der Waals surface area contributed by atoms with Crippen LogP contribution in [-0.2, 0) is 13.1 Å². The second-order valence-electron chi connectivity index (χ2n) is 6.94. The molecule has 1 saturated carbocycles. The number of fused-ring (bicyclic) bond motifs is 1. The Morgan fingerprint density at radius 2 is 1.78 bits per heavy atom. The maximum atomic E-state index is 6.50. The maximum Gasteiger partial charge on any atom is 0.134 e. The van der Waals surface area contributed by atoms with Gasteiger partial charge in [0.15, 0.2) is 0 Å². The standard InChI is InChI=1S/C22H23ClN2O2/c1-26-19-9-10-21(27-2)16(12-19)13-25(18-7-8-18)14-17-11-15-5-3-4-6-20(15)24-22(17)23/h3-6,9-12,18H,7-8,13-14H2,1-2H3. The molecule has 0 bridgehead atoms. The van der Waals surface area contributed by atoms with E-state index in [0.717, 1.165) is 46.6 Å². The van der Waals surface area contributed by atoms with Gasteiger partial charge in [-0.25, -0.2) is 4.98 Å². The molecule has 5 heteroatoms. The van der Waals surface area contributed by atoms with E-state index in [9.17, 15) is 0 Å². The van der Waals surface area contributed by atoms with E-state index in [4.69, 9.17) is 21.1 Å². The molecule has 0 amide bonds. The van der Waals surface area contributed by atoms with E-state index in [1.807, 2.05) is 30.3 Å². The smallest absolute Gasteiger partial charge is 0.134 e. The molecule has 0 unspecified atom stereocenters. The van der Waals surface area contributed by atoms with Gasteiger partial charge >= 0.3 is 0 Å². The van der Waals surface area contributed by atoms with Crippen LogP contribution in [0, 0.1) is 0 Å². The van der Waals surface area contributed by atoms with Gasteiger partial charge in [-0.15, -0.1) is 0 Å². The maximum absolute atomic E-state index is 6.50. The highest BCUT2D eigenvalue weighted by Crippen LogP contribution is 2.34. The van der Waals surface area contributed by atoms with Gasteiger partial charge in [0.05, 0.1) is 19.7 Å². The molecule has 0 atom stereocenters. The first kappa shape index (κ1) is 18.1. The molecule has 4 nitrogen and oxygen atoms in total. The van der Waals surface area contributed by atoms with Gasteiger partial charge in [-0.3, -0.25) is 4.90 Å². The Labute approximate surface area is 164 Å². The zero-order valence-corrected chi connectivity index (χ0v) is 16.4. The van der Waals surface area contributed by atoms with Crippen molar-refractivity contribution < 1.29 is 9.47 Å². The van der Waals surface area contributed by atoms with Gasteiger partial charge < -0.3 is 9.47 Å². The number of halogens is 1. The molecule has 1 fully saturated rings. The molecule has 0 radical (unpaired) electrons. The SMILES string of the molecule is COc1ccc(OC)c(CN(Cc2cc3ccccc3nc2Cl)C2CC2)c1. The predicted molar refractivity (Wildman–Crippen MR) is 109 cm³/mol. The Kier molecular flexibility index (Phi) is 5.19. The highest BCUT2D eigenvalue weighted by Gasteiger charge is 2.30. The predicted octanol–water partition coefficient (Wildman–Crippen LogP) is 5.07. The molecule has 140 valence electrons. The highest BCUT2D eigenvalue weighted by molar-refractivity contribution is 6.30. The van der Waals surface area contributed by atoms with Gasteiger partial charge in [0, 0.05) is 35.6 Å². The third-order valence-corrected chi connectivity index (χ3v) is 5.38. The van der Waals surface area contributed by atoms with Crippen LogP contribution in [-0.4, -0.2) is 30.1 Å². The lowest BCUT2D eigenvalue weighted by Gasteiger charge is -2.24. The van der Waals surface area contributed by atoms with Crippen LogP contribution in [0.25, 0.3) is 10.9 Å². The lowest BCUT2D eigenvalue weighted by atomic mass is 10.1. The molecule has 0 saturated heterocycles. The normalized spacial score (nSPS) is 13.9. The average molecular weight is 383 g/mol. The van der Waals surface area contributed by atoms with Crippen LogP contribution in [0.3, 0.4) is 0 Å². The van der Waals surface area contributed by atoms with Crippen molar-refractivity contribution >= 4 is 22.5 Å². The molecule has 1 heterocycles. The van der Waals surface area contributed by atoms with Crippen molar-refractivity contribution in [3.63, 3.8) is 0 Å². The Balaban J connectivity index is 1.62. The van der Waals surface area contributed by atoms with Gasteiger partial charge in [0.2, 0.25) is 0 Å². The van der Waals surface area contributed by atoms with Crippen molar-refractivity contribution in [3.05, 3.63) is 64.8 Å². The molecular weight excluding hydrogens is 360 g/mol. The Bertz CT molecular complexity index is 956. The number of rotatable bonds is 7. The van der Waals surface area contributed by atoms with E-state index in [1.165, 1.54) is 12.8 Å². The van der Waals surface area contributed by atoms with Crippen molar-refractivity contribution in [1.82, 2.24) is 9.88 Å². The summed E-state index contributed by atoms with van der Waals surface area (Å²) >= 11 is 6.50. The number of hydrogen-bond acceptors (Lipinski definition) is 4. The number of nitrogens with zero attached hydrogens (tertiary/aromatic N) is 2. The van der Waals surface area contributed by atoms with Crippen LogP contribution >= 0.6 is 11.6 Å². The molecule has 2 aromatic carbocycles. The zero-order chi connectivity index (χ0) is 18.8. The minimum Gasteiger partial charge on any atom is -0.497 e. The highest BCUT2D eigenvalue weighted by atomic mass is 35.5. The Morgan fingerprint density at radius 1 is 1.00 bits per heavy atom. The summed E-state index contributed by atoms with van der Waals surface area (Å²) in [4.78, 5) is 7.02. The van der Waals surface area contributed by atoms with E-state index >= 15 is 0 Å². The summed E-state index contributed by atoms with van der Waals surface area (Å²) in [6, 6.07) is 16.7. The van der Waals surface area contributed by atoms with Crippen molar-refractivity contribution in [2.45, 2.75) is 32.0 Å². The molecule has 1 aromatic heterocycles. The van der Waals surface area contributed by atoms with Gasteiger partial charge in [0.1, 0.15) is 16.7 Å². The lowest BCUT2D eigenvalue weighted by molar-refractivity contribution is 0.241. The topological polar surface area (TPSA) is 34.6 Å². The molecule has 4 rings (SSSR count). The summed E-state index contributed by atoms with van der Waals surface area (Å²) in [6.07, 6.45) is 2.43. The number of benzene rings is 2. The summed E-state index contributed by atoms with van der Waals surface area (Å²) < 4.78 is 10.9. The Hall–Kier alpha value is -2.30. The molecule has 1 aliphatic carbocycles. The molecule has 0 spiro atoms. The molecule has 0 aliphatic heterocycles. The number of hydrogen-bond donors (Lipinski definition) is 0. The third-order valence-electron chi connectivity index (χ3n) is 5.05. The second kappa shape index (κ2) is 7.75. The summed E-state index contributed by atoms with van der Waals surface area (Å²) in [5.41, 5.74) is 3.11. The Morgan fingerprint density at radius 3 is 2.52 bits per heavy atom.